The van der Waals surface area contributed by atoms with E-state index in [0.29, 0.717) is 18.9 Å². The normalized spacial score (nSPS) is 29.1. The van der Waals surface area contributed by atoms with Gasteiger partial charge in [-0.3, -0.25) is 15.2 Å². The molecule has 120 valence electrons. The number of benzene rings is 1. The maximum absolute atomic E-state index is 14.3. The molecule has 2 aliphatic heterocycles. The quantitative estimate of drug-likeness (QED) is 0.847. The zero-order valence-electron chi connectivity index (χ0n) is 12.7. The van der Waals surface area contributed by atoms with E-state index in [2.05, 4.69) is 10.3 Å². The van der Waals surface area contributed by atoms with Crippen LogP contribution < -0.4 is 5.32 Å². The Bertz CT molecular complexity index is 503. The first-order chi connectivity index (χ1) is 10.7. The lowest BCUT2D eigenvalue weighted by molar-refractivity contribution is 0.0145. The van der Waals surface area contributed by atoms with E-state index in [-0.39, 0.29) is 12.0 Å². The molecule has 0 spiro atoms. The molecule has 5 heteroatoms. The number of piperidine rings is 1. The number of nitrogens with one attached hydrogen (secondary N) is 1. The first-order valence-corrected chi connectivity index (χ1v) is 8.08. The molecule has 3 atom stereocenters. The molecule has 0 aromatic heterocycles. The van der Waals surface area contributed by atoms with E-state index in [9.17, 15) is 8.78 Å². The maximum Gasteiger partial charge on any atom is 0.154 e. The van der Waals surface area contributed by atoms with E-state index in [1.165, 1.54) is 12.1 Å². The van der Waals surface area contributed by atoms with Gasteiger partial charge in [-0.15, -0.1) is 0 Å². The lowest BCUT2D eigenvalue weighted by Crippen LogP contribution is -2.46. The highest BCUT2D eigenvalue weighted by molar-refractivity contribution is 5.62. The van der Waals surface area contributed by atoms with Gasteiger partial charge in [0.25, 0.3) is 0 Å². The fraction of sp³-hybridized carbons (Fsp3) is 0.588. The summed E-state index contributed by atoms with van der Waals surface area (Å²) < 4.78 is 27.2. The second kappa shape index (κ2) is 7.29. The van der Waals surface area contributed by atoms with Gasteiger partial charge in [-0.05, 0) is 49.3 Å². The topological polar surface area (TPSA) is 27.6 Å². The van der Waals surface area contributed by atoms with Gasteiger partial charge in [0.2, 0.25) is 0 Å². The van der Waals surface area contributed by atoms with Crippen molar-refractivity contribution in [3.8, 4) is 0 Å². The summed E-state index contributed by atoms with van der Waals surface area (Å²) in [6.45, 7) is 2.24. The predicted molar refractivity (Wildman–Crippen MR) is 84.2 cm³/mol. The van der Waals surface area contributed by atoms with Crippen molar-refractivity contribution in [3.05, 3.63) is 35.6 Å². The van der Waals surface area contributed by atoms with Gasteiger partial charge in [-0.2, -0.15) is 0 Å². The maximum atomic E-state index is 14.3. The van der Waals surface area contributed by atoms with Crippen LogP contribution in [0.3, 0.4) is 0 Å². The minimum Gasteiger partial charge on any atom is -0.290 e. The summed E-state index contributed by atoms with van der Waals surface area (Å²) in [5.74, 6) is 0.209. The fourth-order valence-electron chi connectivity index (χ4n) is 3.28. The summed E-state index contributed by atoms with van der Waals surface area (Å²) in [7, 11) is 0. The molecule has 2 aliphatic rings. The molecule has 0 aliphatic carbocycles. The molecule has 3 nitrogen and oxygen atoms in total. The van der Waals surface area contributed by atoms with Crippen molar-refractivity contribution in [1.82, 2.24) is 10.2 Å². The van der Waals surface area contributed by atoms with Crippen LogP contribution in [0.15, 0.2) is 29.3 Å². The summed E-state index contributed by atoms with van der Waals surface area (Å²) >= 11 is 0. The van der Waals surface area contributed by atoms with Crippen LogP contribution in [0.4, 0.5) is 8.78 Å². The van der Waals surface area contributed by atoms with E-state index in [1.807, 2.05) is 23.2 Å². The lowest BCUT2D eigenvalue weighted by atomic mass is 9.90. The molecule has 0 radical (unpaired) electrons. The van der Waals surface area contributed by atoms with Crippen LogP contribution in [0.2, 0.25) is 0 Å². The first-order valence-electron chi connectivity index (χ1n) is 8.08. The van der Waals surface area contributed by atoms with Gasteiger partial charge in [0.1, 0.15) is 12.0 Å². The molecule has 3 rings (SSSR count). The number of aliphatic imine (C=N–C) groups is 1. The summed E-state index contributed by atoms with van der Waals surface area (Å²) in [5, 5.41) is 3.23. The highest BCUT2D eigenvalue weighted by Gasteiger charge is 2.29. The smallest absolute Gasteiger partial charge is 0.154 e. The van der Waals surface area contributed by atoms with Gasteiger partial charge < -0.3 is 0 Å². The number of hydrogen-bond acceptors (Lipinski definition) is 3. The summed E-state index contributed by atoms with van der Waals surface area (Å²) in [6.07, 6.45) is 4.52. The Labute approximate surface area is 130 Å². The molecule has 3 unspecified atom stereocenters. The summed E-state index contributed by atoms with van der Waals surface area (Å²) in [5.41, 5.74) is 1.13. The number of hydrogen-bond donors (Lipinski definition) is 1. The summed E-state index contributed by atoms with van der Waals surface area (Å²) in [6, 6.07) is 6.62. The Kier molecular flexibility index (Phi) is 5.16. The Morgan fingerprint density at radius 3 is 2.77 bits per heavy atom. The molecule has 2 heterocycles. The van der Waals surface area contributed by atoms with Crippen molar-refractivity contribution in [2.45, 2.75) is 38.1 Å². The van der Waals surface area contributed by atoms with Crippen LogP contribution in [0.25, 0.3) is 0 Å². The number of rotatable bonds is 5. The Morgan fingerprint density at radius 1 is 1.27 bits per heavy atom. The SMILES string of the molecule is Fc1ccc(CCC2CCN(CC3N=CCN3)C(F)C2)cc1. The predicted octanol–water partition coefficient (Wildman–Crippen LogP) is 2.77. The molecule has 0 saturated carbocycles. The molecule has 1 aromatic rings. The van der Waals surface area contributed by atoms with Gasteiger partial charge in [0, 0.05) is 25.8 Å². The van der Waals surface area contributed by atoms with Crippen molar-refractivity contribution in [2.75, 3.05) is 19.6 Å². The van der Waals surface area contributed by atoms with Crippen molar-refractivity contribution in [1.29, 1.82) is 0 Å². The minimum absolute atomic E-state index is 0.0500. The zero-order valence-corrected chi connectivity index (χ0v) is 12.7. The van der Waals surface area contributed by atoms with Crippen LogP contribution >= 0.6 is 0 Å². The van der Waals surface area contributed by atoms with Crippen molar-refractivity contribution < 1.29 is 8.78 Å². The average Bonchev–Trinajstić information content (AvgIpc) is 3.02. The van der Waals surface area contributed by atoms with Gasteiger partial charge >= 0.3 is 0 Å². The van der Waals surface area contributed by atoms with Gasteiger partial charge in [0.15, 0.2) is 6.30 Å². The largest absolute Gasteiger partial charge is 0.290 e. The van der Waals surface area contributed by atoms with E-state index >= 15 is 0 Å². The van der Waals surface area contributed by atoms with Gasteiger partial charge in [0.05, 0.1) is 0 Å². The average molecular weight is 307 g/mol. The fourth-order valence-corrected chi connectivity index (χ4v) is 3.28. The molecular formula is C17H23F2N3. The lowest BCUT2D eigenvalue weighted by Gasteiger charge is -2.36. The number of alkyl halides is 1. The van der Waals surface area contributed by atoms with Gasteiger partial charge in [-0.1, -0.05) is 12.1 Å². The Morgan fingerprint density at radius 2 is 2.09 bits per heavy atom. The first kappa shape index (κ1) is 15.6. The van der Waals surface area contributed by atoms with Crippen LogP contribution in [-0.2, 0) is 6.42 Å². The van der Waals surface area contributed by atoms with Gasteiger partial charge in [-0.25, -0.2) is 8.78 Å². The molecule has 0 amide bonds. The van der Waals surface area contributed by atoms with Crippen LogP contribution in [0.1, 0.15) is 24.8 Å². The molecule has 1 fully saturated rings. The van der Waals surface area contributed by atoms with Crippen molar-refractivity contribution >= 4 is 6.21 Å². The zero-order chi connectivity index (χ0) is 15.4. The van der Waals surface area contributed by atoms with Crippen LogP contribution in [0, 0.1) is 11.7 Å². The highest BCUT2D eigenvalue weighted by Crippen LogP contribution is 2.27. The van der Waals surface area contributed by atoms with Crippen molar-refractivity contribution in [2.24, 2.45) is 10.9 Å². The number of nitrogens with zero attached hydrogens (tertiary/aromatic N) is 2. The third-order valence-electron chi connectivity index (χ3n) is 4.64. The van der Waals surface area contributed by atoms with Crippen molar-refractivity contribution in [3.63, 3.8) is 0 Å². The van der Waals surface area contributed by atoms with E-state index < -0.39 is 6.30 Å². The van der Waals surface area contributed by atoms with E-state index in [4.69, 9.17) is 0 Å². The Balaban J connectivity index is 1.43. The van der Waals surface area contributed by atoms with Crippen LogP contribution in [-0.4, -0.2) is 43.2 Å². The standard InChI is InChI=1S/C17H23F2N3/c18-15-5-3-13(4-6-15)1-2-14-7-10-22(16(19)11-14)12-17-20-8-9-21-17/h3-6,8,14,16-17,21H,1-2,7,9-12H2. The van der Waals surface area contributed by atoms with E-state index in [1.54, 1.807) is 0 Å². The summed E-state index contributed by atoms with van der Waals surface area (Å²) in [4.78, 5) is 6.19. The number of halogens is 2. The number of aryl methyl sites for hydroxylation is 1. The molecule has 1 aromatic carbocycles. The molecule has 22 heavy (non-hydrogen) atoms. The second-order valence-corrected chi connectivity index (χ2v) is 6.24. The van der Waals surface area contributed by atoms with E-state index in [0.717, 1.165) is 37.9 Å². The minimum atomic E-state index is -0.871. The molecule has 1 N–H and O–H groups in total. The molecule has 1 saturated heterocycles. The number of likely N-dealkylation sites (tertiary alicyclic amines) is 1. The Hall–Kier alpha value is -1.33. The third kappa shape index (κ3) is 4.11. The molecular weight excluding hydrogens is 284 g/mol. The van der Waals surface area contributed by atoms with Crippen LogP contribution in [0.5, 0.6) is 0 Å². The monoisotopic (exact) mass is 307 g/mol. The third-order valence-corrected chi connectivity index (χ3v) is 4.64. The second-order valence-electron chi connectivity index (χ2n) is 6.24. The molecule has 0 bridgehead atoms. The highest BCUT2D eigenvalue weighted by atomic mass is 19.1.